The Bertz CT molecular complexity index is 1140. The summed E-state index contributed by atoms with van der Waals surface area (Å²) >= 11 is 1.11. The van der Waals surface area contributed by atoms with Crippen LogP contribution in [0, 0.1) is 0 Å². The maximum Gasteiger partial charge on any atom is 0.573 e. The Morgan fingerprint density at radius 2 is 2.06 bits per heavy atom. The van der Waals surface area contributed by atoms with E-state index in [9.17, 15) is 18.0 Å². The average molecular weight is 510 g/mol. The van der Waals surface area contributed by atoms with Crippen molar-refractivity contribution in [3.63, 3.8) is 0 Å². The summed E-state index contributed by atoms with van der Waals surface area (Å²) in [6.45, 7) is 3.21. The van der Waals surface area contributed by atoms with Crippen LogP contribution in [0.25, 0.3) is 0 Å². The number of amides is 1. The van der Waals surface area contributed by atoms with Crippen molar-refractivity contribution < 1.29 is 27.4 Å². The molecule has 0 spiro atoms. The number of hydrogen-bond donors (Lipinski definition) is 3. The second-order valence-corrected chi connectivity index (χ2v) is 8.58. The van der Waals surface area contributed by atoms with Gasteiger partial charge < -0.3 is 20.1 Å². The van der Waals surface area contributed by atoms with E-state index in [1.807, 2.05) is 6.07 Å². The lowest BCUT2D eigenvalue weighted by molar-refractivity contribution is -0.274. The summed E-state index contributed by atoms with van der Waals surface area (Å²) in [7, 11) is 0. The average Bonchev–Trinajstić information content (AvgIpc) is 3.47. The summed E-state index contributed by atoms with van der Waals surface area (Å²) < 4.78 is 47.2. The quantitative estimate of drug-likeness (QED) is 0.399. The van der Waals surface area contributed by atoms with Crippen LogP contribution in [0.15, 0.2) is 42.6 Å². The predicted octanol–water partition coefficient (Wildman–Crippen LogP) is 3.24. The topological polar surface area (TPSA) is 123 Å². The Balaban J connectivity index is 1.48. The number of anilines is 2. The van der Waals surface area contributed by atoms with E-state index in [-0.39, 0.29) is 17.3 Å². The van der Waals surface area contributed by atoms with Crippen LogP contribution in [0.5, 0.6) is 5.75 Å². The Hall–Kier alpha value is -3.36. The van der Waals surface area contributed by atoms with Crippen LogP contribution in [0.2, 0.25) is 0 Å². The van der Waals surface area contributed by atoms with E-state index in [4.69, 9.17) is 4.74 Å². The van der Waals surface area contributed by atoms with Gasteiger partial charge >= 0.3 is 6.36 Å². The Labute approximate surface area is 202 Å². The third kappa shape index (κ3) is 6.21. The Morgan fingerprint density at radius 1 is 1.23 bits per heavy atom. The first kappa shape index (κ1) is 24.8. The van der Waals surface area contributed by atoms with E-state index in [0.717, 1.165) is 42.1 Å². The zero-order valence-corrected chi connectivity index (χ0v) is 19.3. The minimum Gasteiger partial charge on any atom is -0.406 e. The number of alkyl halides is 3. The van der Waals surface area contributed by atoms with Crippen molar-refractivity contribution in [2.75, 3.05) is 30.3 Å². The normalized spacial score (nSPS) is 18.7. The number of hydrogen-bond acceptors (Lipinski definition) is 10. The van der Waals surface area contributed by atoms with Crippen molar-refractivity contribution in [1.29, 1.82) is 0 Å². The molecule has 3 N–H and O–H groups in total. The number of carbonyl (C=O) groups is 1. The molecular formula is C21H22F3N7O3S. The molecule has 1 aliphatic heterocycles. The molecule has 0 bridgehead atoms. The molecule has 35 heavy (non-hydrogen) atoms. The van der Waals surface area contributed by atoms with E-state index in [2.05, 4.69) is 41.1 Å². The van der Waals surface area contributed by atoms with Gasteiger partial charge in [-0.25, -0.2) is 0 Å². The van der Waals surface area contributed by atoms with Crippen molar-refractivity contribution in [3.8, 4) is 5.75 Å². The molecule has 3 aromatic rings. The van der Waals surface area contributed by atoms with Crippen LogP contribution < -0.4 is 20.7 Å². The largest absolute Gasteiger partial charge is 0.573 e. The van der Waals surface area contributed by atoms with Gasteiger partial charge in [-0.15, -0.1) is 23.4 Å². The second-order valence-electron chi connectivity index (χ2n) is 7.60. The number of carbonyl (C=O) groups excluding carboxylic acids is 1. The standard InChI is InChI=1S/C21H22F3N7O3S/c1-2-33-16(13-5-3-6-14(11-13)34-21(22,23)24)17(32)27-18-30-31-19(35-18)28-20(8-10-25-12-20)15-7-4-9-26-29-15/h3-7,9,11,16,25H,2,8,10,12H2,1H3,(H,28,31)(H,27,30,32)/t16-,20?/m0/s1. The van der Waals surface area contributed by atoms with E-state index < -0.39 is 29.7 Å². The lowest BCUT2D eigenvalue weighted by Crippen LogP contribution is -2.38. The molecule has 1 unspecified atom stereocenters. The molecule has 14 heteroatoms. The van der Waals surface area contributed by atoms with E-state index >= 15 is 0 Å². The predicted molar refractivity (Wildman–Crippen MR) is 121 cm³/mol. The molecular weight excluding hydrogens is 487 g/mol. The van der Waals surface area contributed by atoms with Gasteiger partial charge in [0.15, 0.2) is 6.10 Å². The number of ether oxygens (including phenoxy) is 2. The van der Waals surface area contributed by atoms with Gasteiger partial charge in [-0.1, -0.05) is 23.5 Å². The summed E-state index contributed by atoms with van der Waals surface area (Å²) in [5.41, 5.74) is 0.428. The van der Waals surface area contributed by atoms with E-state index in [1.54, 1.807) is 19.2 Å². The molecule has 10 nitrogen and oxygen atoms in total. The fraction of sp³-hybridized carbons (Fsp3) is 0.381. The molecule has 1 aromatic carbocycles. The van der Waals surface area contributed by atoms with Crippen LogP contribution in [-0.2, 0) is 15.1 Å². The maximum atomic E-state index is 12.9. The summed E-state index contributed by atoms with van der Waals surface area (Å²) in [6, 6.07) is 8.76. The van der Waals surface area contributed by atoms with Crippen LogP contribution in [0.4, 0.5) is 23.4 Å². The van der Waals surface area contributed by atoms with Crippen molar-refractivity contribution in [3.05, 3.63) is 53.9 Å². The first-order valence-electron chi connectivity index (χ1n) is 10.7. The third-order valence-corrected chi connectivity index (χ3v) is 5.94. The maximum absolute atomic E-state index is 12.9. The third-order valence-electron chi connectivity index (χ3n) is 5.19. The van der Waals surface area contributed by atoms with Gasteiger partial charge in [-0.3, -0.25) is 10.1 Å². The van der Waals surface area contributed by atoms with Crippen molar-refractivity contribution in [2.24, 2.45) is 0 Å². The zero-order valence-electron chi connectivity index (χ0n) is 18.5. The number of benzene rings is 1. The lowest BCUT2D eigenvalue weighted by Gasteiger charge is -2.27. The van der Waals surface area contributed by atoms with Crippen LogP contribution in [0.1, 0.15) is 30.7 Å². The number of rotatable bonds is 9. The summed E-state index contributed by atoms with van der Waals surface area (Å²) in [5.74, 6) is -1.06. The molecule has 0 radical (unpaired) electrons. The number of halogens is 3. The fourth-order valence-electron chi connectivity index (χ4n) is 3.70. The zero-order chi connectivity index (χ0) is 24.9. The Kier molecular flexibility index (Phi) is 7.42. The van der Waals surface area contributed by atoms with Crippen molar-refractivity contribution >= 4 is 27.5 Å². The number of nitrogens with zero attached hydrogens (tertiary/aromatic N) is 4. The summed E-state index contributed by atoms with van der Waals surface area (Å²) in [6.07, 6.45) is -3.69. The molecule has 1 aliphatic rings. The number of aromatic nitrogens is 4. The van der Waals surface area contributed by atoms with Gasteiger partial charge in [0.1, 0.15) is 5.75 Å². The minimum atomic E-state index is -4.85. The van der Waals surface area contributed by atoms with Gasteiger partial charge in [0.05, 0.1) is 11.2 Å². The monoisotopic (exact) mass is 509 g/mol. The lowest BCUT2D eigenvalue weighted by atomic mass is 9.94. The Morgan fingerprint density at radius 3 is 2.74 bits per heavy atom. The highest BCUT2D eigenvalue weighted by Gasteiger charge is 2.38. The second kappa shape index (κ2) is 10.5. The van der Waals surface area contributed by atoms with Crippen LogP contribution in [0.3, 0.4) is 0 Å². The number of nitrogens with one attached hydrogen (secondary N) is 3. The molecule has 0 aliphatic carbocycles. The van der Waals surface area contributed by atoms with Gasteiger partial charge in [0.2, 0.25) is 10.3 Å². The smallest absolute Gasteiger partial charge is 0.406 e. The SMILES string of the molecule is CCO[C@H](C(=O)Nc1nnc(NC2(c3cccnn3)CCNC2)s1)c1cccc(OC(F)(F)F)c1. The van der Waals surface area contributed by atoms with Crippen molar-refractivity contribution in [2.45, 2.75) is 31.3 Å². The molecule has 2 aromatic heterocycles. The molecule has 0 saturated carbocycles. The molecule has 1 amide bonds. The van der Waals surface area contributed by atoms with Gasteiger partial charge in [0, 0.05) is 19.3 Å². The van der Waals surface area contributed by atoms with E-state index in [0.29, 0.717) is 11.7 Å². The summed E-state index contributed by atoms with van der Waals surface area (Å²) in [4.78, 5) is 12.9. The molecule has 2 atom stereocenters. The molecule has 1 saturated heterocycles. The molecule has 1 fully saturated rings. The summed E-state index contributed by atoms with van der Waals surface area (Å²) in [5, 5.41) is 26.3. The fourth-order valence-corrected chi connectivity index (χ4v) is 4.45. The van der Waals surface area contributed by atoms with Gasteiger partial charge in [0.25, 0.3) is 5.91 Å². The highest BCUT2D eigenvalue weighted by Crippen LogP contribution is 2.33. The van der Waals surface area contributed by atoms with Crippen molar-refractivity contribution in [1.82, 2.24) is 25.7 Å². The van der Waals surface area contributed by atoms with Crippen LogP contribution in [-0.4, -0.2) is 52.4 Å². The van der Waals surface area contributed by atoms with Crippen LogP contribution >= 0.6 is 11.3 Å². The first-order chi connectivity index (χ1) is 16.8. The highest BCUT2D eigenvalue weighted by molar-refractivity contribution is 7.19. The van der Waals surface area contributed by atoms with Gasteiger partial charge in [-0.2, -0.15) is 10.2 Å². The molecule has 3 heterocycles. The first-order valence-corrected chi connectivity index (χ1v) is 11.5. The minimum absolute atomic E-state index is 0.152. The highest BCUT2D eigenvalue weighted by atomic mass is 32.1. The van der Waals surface area contributed by atoms with E-state index in [1.165, 1.54) is 12.1 Å². The van der Waals surface area contributed by atoms with Gasteiger partial charge in [-0.05, 0) is 49.7 Å². The molecule has 186 valence electrons. The molecule has 4 rings (SSSR count).